The standard InChI is InChI=1S/C12H23NO4/c1-5-9(7-6-8-10(14)15)13-11(16)17-12(2,3)4/h9H,5-8H2,1-4H3,(H,13,16)(H,14,15). The molecule has 0 rings (SSSR count). The molecular formula is C12H23NO4. The van der Waals surface area contributed by atoms with E-state index in [-0.39, 0.29) is 12.5 Å². The normalized spacial score (nSPS) is 12.9. The molecule has 0 bridgehead atoms. The molecule has 0 spiro atoms. The van der Waals surface area contributed by atoms with Gasteiger partial charge >= 0.3 is 12.1 Å². The van der Waals surface area contributed by atoms with Crippen LogP contribution in [-0.4, -0.2) is 28.8 Å². The average molecular weight is 245 g/mol. The van der Waals surface area contributed by atoms with Gasteiger partial charge in [-0.05, 0) is 40.0 Å². The number of carboxylic acid groups (broad SMARTS) is 1. The first kappa shape index (κ1) is 15.7. The number of amides is 1. The number of ether oxygens (including phenoxy) is 1. The predicted octanol–water partition coefficient (Wildman–Crippen LogP) is 2.54. The van der Waals surface area contributed by atoms with E-state index >= 15 is 0 Å². The van der Waals surface area contributed by atoms with Gasteiger partial charge < -0.3 is 15.2 Å². The van der Waals surface area contributed by atoms with E-state index in [2.05, 4.69) is 5.32 Å². The van der Waals surface area contributed by atoms with Crippen molar-refractivity contribution in [3.05, 3.63) is 0 Å². The largest absolute Gasteiger partial charge is 0.481 e. The van der Waals surface area contributed by atoms with E-state index in [4.69, 9.17) is 9.84 Å². The fourth-order valence-electron chi connectivity index (χ4n) is 1.35. The molecular weight excluding hydrogens is 222 g/mol. The molecule has 0 aliphatic heterocycles. The third kappa shape index (κ3) is 9.66. The highest BCUT2D eigenvalue weighted by Gasteiger charge is 2.18. The number of aliphatic carboxylic acids is 1. The maximum absolute atomic E-state index is 11.5. The molecule has 0 aliphatic carbocycles. The molecule has 0 aliphatic rings. The van der Waals surface area contributed by atoms with Crippen LogP contribution in [0.5, 0.6) is 0 Å². The van der Waals surface area contributed by atoms with E-state index in [0.29, 0.717) is 12.8 Å². The smallest absolute Gasteiger partial charge is 0.407 e. The topological polar surface area (TPSA) is 75.6 Å². The second kappa shape index (κ2) is 7.14. The Labute approximate surface area is 103 Å². The number of rotatable bonds is 6. The summed E-state index contributed by atoms with van der Waals surface area (Å²) in [7, 11) is 0. The number of hydrogen-bond acceptors (Lipinski definition) is 3. The molecule has 0 aromatic carbocycles. The number of nitrogens with one attached hydrogen (secondary N) is 1. The minimum Gasteiger partial charge on any atom is -0.481 e. The Morgan fingerprint density at radius 2 is 1.94 bits per heavy atom. The highest BCUT2D eigenvalue weighted by Crippen LogP contribution is 2.09. The SMILES string of the molecule is CCC(CCCC(=O)O)NC(=O)OC(C)(C)C. The summed E-state index contributed by atoms with van der Waals surface area (Å²) < 4.78 is 5.13. The van der Waals surface area contributed by atoms with Gasteiger partial charge in [0.05, 0.1) is 0 Å². The van der Waals surface area contributed by atoms with Crippen molar-refractivity contribution >= 4 is 12.1 Å². The minimum atomic E-state index is -0.808. The monoisotopic (exact) mass is 245 g/mol. The predicted molar refractivity (Wildman–Crippen MR) is 64.9 cm³/mol. The van der Waals surface area contributed by atoms with E-state index in [1.807, 2.05) is 6.92 Å². The zero-order valence-corrected chi connectivity index (χ0v) is 11.1. The zero-order chi connectivity index (χ0) is 13.5. The Morgan fingerprint density at radius 1 is 1.35 bits per heavy atom. The van der Waals surface area contributed by atoms with Crippen molar-refractivity contribution in [1.82, 2.24) is 5.32 Å². The number of carbonyl (C=O) groups is 2. The summed E-state index contributed by atoms with van der Waals surface area (Å²) >= 11 is 0. The number of carbonyl (C=O) groups excluding carboxylic acids is 1. The summed E-state index contributed by atoms with van der Waals surface area (Å²) in [5, 5.41) is 11.3. The molecule has 0 radical (unpaired) electrons. The van der Waals surface area contributed by atoms with Gasteiger partial charge in [-0.1, -0.05) is 6.92 Å². The van der Waals surface area contributed by atoms with Crippen LogP contribution in [-0.2, 0) is 9.53 Å². The third-order valence-electron chi connectivity index (χ3n) is 2.16. The van der Waals surface area contributed by atoms with Gasteiger partial charge in [0.2, 0.25) is 0 Å². The molecule has 1 unspecified atom stereocenters. The second-order valence-electron chi connectivity index (χ2n) is 5.04. The van der Waals surface area contributed by atoms with Gasteiger partial charge in [-0.3, -0.25) is 4.79 Å². The molecule has 0 saturated heterocycles. The molecule has 5 heteroatoms. The van der Waals surface area contributed by atoms with Gasteiger partial charge in [-0.25, -0.2) is 4.79 Å². The quantitative estimate of drug-likeness (QED) is 0.754. The zero-order valence-electron chi connectivity index (χ0n) is 11.1. The van der Waals surface area contributed by atoms with Gasteiger partial charge in [-0.2, -0.15) is 0 Å². The summed E-state index contributed by atoms with van der Waals surface area (Å²) in [5.41, 5.74) is -0.510. The molecule has 5 nitrogen and oxygen atoms in total. The molecule has 0 saturated carbocycles. The van der Waals surface area contributed by atoms with Crippen LogP contribution in [0.15, 0.2) is 0 Å². The number of alkyl carbamates (subject to hydrolysis) is 1. The van der Waals surface area contributed by atoms with Crippen LogP contribution < -0.4 is 5.32 Å². The molecule has 2 N–H and O–H groups in total. The van der Waals surface area contributed by atoms with E-state index in [9.17, 15) is 9.59 Å². The van der Waals surface area contributed by atoms with Crippen LogP contribution in [0.1, 0.15) is 53.4 Å². The van der Waals surface area contributed by atoms with Crippen LogP contribution in [0.3, 0.4) is 0 Å². The lowest BCUT2D eigenvalue weighted by atomic mass is 10.1. The molecule has 17 heavy (non-hydrogen) atoms. The first-order valence-corrected chi connectivity index (χ1v) is 5.96. The lowest BCUT2D eigenvalue weighted by Crippen LogP contribution is -2.38. The van der Waals surface area contributed by atoms with Crippen LogP contribution in [0.2, 0.25) is 0 Å². The Kier molecular flexibility index (Phi) is 6.61. The maximum atomic E-state index is 11.5. The fraction of sp³-hybridized carbons (Fsp3) is 0.833. The van der Waals surface area contributed by atoms with Gasteiger partial charge in [0, 0.05) is 12.5 Å². The fourth-order valence-corrected chi connectivity index (χ4v) is 1.35. The minimum absolute atomic E-state index is 0.0239. The summed E-state index contributed by atoms with van der Waals surface area (Å²) in [4.78, 5) is 21.8. The molecule has 1 amide bonds. The van der Waals surface area contributed by atoms with Gasteiger partial charge in [0.15, 0.2) is 0 Å². The maximum Gasteiger partial charge on any atom is 0.407 e. The van der Waals surface area contributed by atoms with Crippen molar-refractivity contribution in [3.63, 3.8) is 0 Å². The first-order chi connectivity index (χ1) is 7.74. The molecule has 0 fully saturated rings. The van der Waals surface area contributed by atoms with Crippen molar-refractivity contribution in [2.24, 2.45) is 0 Å². The Balaban J connectivity index is 3.95. The molecule has 0 aromatic heterocycles. The first-order valence-electron chi connectivity index (χ1n) is 5.96. The van der Waals surface area contributed by atoms with E-state index in [0.717, 1.165) is 6.42 Å². The molecule has 1 atom stereocenters. The summed E-state index contributed by atoms with van der Waals surface area (Å²) in [6.45, 7) is 7.36. The lowest BCUT2D eigenvalue weighted by Gasteiger charge is -2.23. The Hall–Kier alpha value is -1.26. The van der Waals surface area contributed by atoms with Crippen molar-refractivity contribution in [2.45, 2.75) is 65.0 Å². The average Bonchev–Trinajstić information content (AvgIpc) is 2.12. The van der Waals surface area contributed by atoms with E-state index < -0.39 is 17.7 Å². The molecule has 0 aromatic rings. The summed E-state index contributed by atoms with van der Waals surface area (Å²) in [6.07, 6.45) is 1.66. The van der Waals surface area contributed by atoms with E-state index in [1.54, 1.807) is 20.8 Å². The van der Waals surface area contributed by atoms with Gasteiger partial charge in [0.1, 0.15) is 5.60 Å². The van der Waals surface area contributed by atoms with Crippen molar-refractivity contribution in [2.75, 3.05) is 0 Å². The lowest BCUT2D eigenvalue weighted by molar-refractivity contribution is -0.137. The Bertz CT molecular complexity index is 258. The van der Waals surface area contributed by atoms with Crippen molar-refractivity contribution in [1.29, 1.82) is 0 Å². The summed E-state index contributed by atoms with van der Waals surface area (Å²) in [5.74, 6) is -0.808. The molecule has 0 heterocycles. The highest BCUT2D eigenvalue weighted by atomic mass is 16.6. The van der Waals surface area contributed by atoms with E-state index in [1.165, 1.54) is 0 Å². The number of hydrogen-bond donors (Lipinski definition) is 2. The number of carboxylic acids is 1. The van der Waals surface area contributed by atoms with Gasteiger partial charge in [0.25, 0.3) is 0 Å². The molecule has 100 valence electrons. The highest BCUT2D eigenvalue weighted by molar-refractivity contribution is 5.68. The van der Waals surface area contributed by atoms with Crippen LogP contribution in [0.4, 0.5) is 4.79 Å². The van der Waals surface area contributed by atoms with Crippen molar-refractivity contribution < 1.29 is 19.4 Å². The van der Waals surface area contributed by atoms with Crippen LogP contribution in [0.25, 0.3) is 0 Å². The van der Waals surface area contributed by atoms with Gasteiger partial charge in [-0.15, -0.1) is 0 Å². The van der Waals surface area contributed by atoms with Crippen LogP contribution in [0, 0.1) is 0 Å². The second-order valence-corrected chi connectivity index (χ2v) is 5.04. The summed E-state index contributed by atoms with van der Waals surface area (Å²) in [6, 6.07) is -0.0239. The Morgan fingerprint density at radius 3 is 2.35 bits per heavy atom. The third-order valence-corrected chi connectivity index (χ3v) is 2.16. The van der Waals surface area contributed by atoms with Crippen molar-refractivity contribution in [3.8, 4) is 0 Å². The van der Waals surface area contributed by atoms with Crippen LogP contribution >= 0.6 is 0 Å².